The first-order chi connectivity index (χ1) is 10.3. The number of benzene rings is 2. The fraction of sp³-hybridized carbons (Fsp3) is 0.333. The molecule has 2 unspecified atom stereocenters. The van der Waals surface area contributed by atoms with Crippen LogP contribution in [0.4, 0.5) is 0 Å². The summed E-state index contributed by atoms with van der Waals surface area (Å²) in [4.78, 5) is 0. The summed E-state index contributed by atoms with van der Waals surface area (Å²) < 4.78 is 10.8. The summed E-state index contributed by atoms with van der Waals surface area (Å²) in [5.41, 5.74) is 2.14. The Labute approximate surface area is 125 Å². The SMILES string of the molecule is COc1ccc(C(O)CC2CCOc3ccccc32)cc1. The highest BCUT2D eigenvalue weighted by Crippen LogP contribution is 2.38. The first kappa shape index (κ1) is 14.0. The molecule has 110 valence electrons. The molecule has 3 nitrogen and oxygen atoms in total. The van der Waals surface area contributed by atoms with Gasteiger partial charge in [-0.1, -0.05) is 30.3 Å². The van der Waals surface area contributed by atoms with Crippen molar-refractivity contribution >= 4 is 0 Å². The molecule has 0 saturated carbocycles. The number of aliphatic hydroxyl groups excluding tert-OH is 1. The van der Waals surface area contributed by atoms with E-state index in [0.29, 0.717) is 12.3 Å². The van der Waals surface area contributed by atoms with Crippen molar-refractivity contribution in [3.05, 3.63) is 59.7 Å². The highest BCUT2D eigenvalue weighted by Gasteiger charge is 2.24. The highest BCUT2D eigenvalue weighted by molar-refractivity contribution is 5.38. The summed E-state index contributed by atoms with van der Waals surface area (Å²) in [5, 5.41) is 10.5. The van der Waals surface area contributed by atoms with E-state index < -0.39 is 6.10 Å². The first-order valence-corrected chi connectivity index (χ1v) is 7.31. The molecule has 0 bridgehead atoms. The molecule has 1 heterocycles. The molecule has 1 aliphatic heterocycles. The number of rotatable bonds is 4. The molecule has 0 fully saturated rings. The maximum absolute atomic E-state index is 10.5. The molecule has 0 radical (unpaired) electrons. The van der Waals surface area contributed by atoms with Crippen molar-refractivity contribution in [3.63, 3.8) is 0 Å². The van der Waals surface area contributed by atoms with Crippen molar-refractivity contribution in [1.29, 1.82) is 0 Å². The van der Waals surface area contributed by atoms with Crippen LogP contribution >= 0.6 is 0 Å². The molecular weight excluding hydrogens is 264 g/mol. The third-order valence-electron chi connectivity index (χ3n) is 4.09. The third-order valence-corrected chi connectivity index (χ3v) is 4.09. The molecule has 0 saturated heterocycles. The van der Waals surface area contributed by atoms with Gasteiger partial charge in [0.2, 0.25) is 0 Å². The van der Waals surface area contributed by atoms with Gasteiger partial charge < -0.3 is 14.6 Å². The van der Waals surface area contributed by atoms with E-state index in [0.717, 1.165) is 30.1 Å². The topological polar surface area (TPSA) is 38.7 Å². The standard InChI is InChI=1S/C18H20O3/c1-20-15-8-6-13(7-9-15)17(19)12-14-10-11-21-18-5-3-2-4-16(14)18/h2-9,14,17,19H,10-12H2,1H3. The Morgan fingerprint density at radius 1 is 1.19 bits per heavy atom. The van der Waals surface area contributed by atoms with Crippen LogP contribution in [0.5, 0.6) is 11.5 Å². The van der Waals surface area contributed by atoms with Crippen molar-refractivity contribution in [2.45, 2.75) is 24.9 Å². The molecular formula is C18H20O3. The summed E-state index contributed by atoms with van der Waals surface area (Å²) in [6, 6.07) is 15.7. The van der Waals surface area contributed by atoms with E-state index >= 15 is 0 Å². The Kier molecular flexibility index (Phi) is 4.11. The lowest BCUT2D eigenvalue weighted by molar-refractivity contribution is 0.145. The monoisotopic (exact) mass is 284 g/mol. The second kappa shape index (κ2) is 6.19. The lowest BCUT2D eigenvalue weighted by Gasteiger charge is -2.27. The van der Waals surface area contributed by atoms with E-state index in [1.165, 1.54) is 5.56 Å². The van der Waals surface area contributed by atoms with Crippen LogP contribution < -0.4 is 9.47 Å². The summed E-state index contributed by atoms with van der Waals surface area (Å²) in [5.74, 6) is 2.10. The molecule has 0 spiro atoms. The molecule has 2 atom stereocenters. The van der Waals surface area contributed by atoms with Gasteiger partial charge in [-0.2, -0.15) is 0 Å². The van der Waals surface area contributed by atoms with Crippen LogP contribution in [-0.2, 0) is 0 Å². The lowest BCUT2D eigenvalue weighted by atomic mass is 9.86. The van der Waals surface area contributed by atoms with Crippen molar-refractivity contribution in [2.75, 3.05) is 13.7 Å². The molecule has 3 rings (SSSR count). The minimum atomic E-state index is -0.466. The third kappa shape index (κ3) is 3.03. The average molecular weight is 284 g/mol. The Bertz CT molecular complexity index is 592. The zero-order valence-electron chi connectivity index (χ0n) is 12.2. The molecule has 2 aromatic carbocycles. The Balaban J connectivity index is 1.74. The van der Waals surface area contributed by atoms with E-state index in [4.69, 9.17) is 9.47 Å². The number of para-hydroxylation sites is 1. The van der Waals surface area contributed by atoms with Gasteiger partial charge in [-0.3, -0.25) is 0 Å². The number of methoxy groups -OCH3 is 1. The molecule has 2 aromatic rings. The molecule has 21 heavy (non-hydrogen) atoms. The Morgan fingerprint density at radius 3 is 2.71 bits per heavy atom. The first-order valence-electron chi connectivity index (χ1n) is 7.31. The van der Waals surface area contributed by atoms with Gasteiger partial charge in [0.05, 0.1) is 19.8 Å². The van der Waals surface area contributed by atoms with Crippen molar-refractivity contribution in [2.24, 2.45) is 0 Å². The van der Waals surface area contributed by atoms with Gasteiger partial charge in [0.25, 0.3) is 0 Å². The maximum Gasteiger partial charge on any atom is 0.122 e. The zero-order valence-corrected chi connectivity index (χ0v) is 12.2. The van der Waals surface area contributed by atoms with Crippen LogP contribution in [0.25, 0.3) is 0 Å². The molecule has 1 N–H and O–H groups in total. The molecule has 0 amide bonds. The second-order valence-electron chi connectivity index (χ2n) is 5.40. The van der Waals surface area contributed by atoms with Crippen LogP contribution in [0, 0.1) is 0 Å². The number of aliphatic hydroxyl groups is 1. The largest absolute Gasteiger partial charge is 0.497 e. The van der Waals surface area contributed by atoms with Gasteiger partial charge in [-0.15, -0.1) is 0 Å². The fourth-order valence-electron chi connectivity index (χ4n) is 2.89. The van der Waals surface area contributed by atoms with E-state index in [-0.39, 0.29) is 0 Å². The van der Waals surface area contributed by atoms with Gasteiger partial charge in [-0.25, -0.2) is 0 Å². The quantitative estimate of drug-likeness (QED) is 0.930. The number of ether oxygens (including phenoxy) is 2. The molecule has 0 aromatic heterocycles. The summed E-state index contributed by atoms with van der Waals surface area (Å²) in [6.07, 6.45) is 1.20. The zero-order chi connectivity index (χ0) is 14.7. The number of hydrogen-bond donors (Lipinski definition) is 1. The van der Waals surface area contributed by atoms with Crippen LogP contribution in [0.3, 0.4) is 0 Å². The van der Waals surface area contributed by atoms with Crippen LogP contribution in [0.1, 0.15) is 36.0 Å². The predicted molar refractivity (Wildman–Crippen MR) is 81.9 cm³/mol. The normalized spacial score (nSPS) is 18.5. The summed E-state index contributed by atoms with van der Waals surface area (Å²) >= 11 is 0. The van der Waals surface area contributed by atoms with Gasteiger partial charge >= 0.3 is 0 Å². The van der Waals surface area contributed by atoms with Crippen LogP contribution in [0.15, 0.2) is 48.5 Å². The second-order valence-corrected chi connectivity index (χ2v) is 5.40. The van der Waals surface area contributed by atoms with E-state index in [1.807, 2.05) is 42.5 Å². The smallest absolute Gasteiger partial charge is 0.122 e. The van der Waals surface area contributed by atoms with Crippen LogP contribution in [-0.4, -0.2) is 18.8 Å². The van der Waals surface area contributed by atoms with Gasteiger partial charge in [0, 0.05) is 0 Å². The minimum Gasteiger partial charge on any atom is -0.497 e. The molecule has 1 aliphatic rings. The van der Waals surface area contributed by atoms with E-state index in [9.17, 15) is 5.11 Å². The van der Waals surface area contributed by atoms with E-state index in [2.05, 4.69) is 6.07 Å². The van der Waals surface area contributed by atoms with Gasteiger partial charge in [0.1, 0.15) is 11.5 Å². The molecule has 3 heteroatoms. The molecule has 0 aliphatic carbocycles. The fourth-order valence-corrected chi connectivity index (χ4v) is 2.89. The van der Waals surface area contributed by atoms with Crippen molar-refractivity contribution in [1.82, 2.24) is 0 Å². The van der Waals surface area contributed by atoms with Crippen LogP contribution in [0.2, 0.25) is 0 Å². The lowest BCUT2D eigenvalue weighted by Crippen LogP contribution is -2.16. The van der Waals surface area contributed by atoms with Gasteiger partial charge in [-0.05, 0) is 48.1 Å². The van der Waals surface area contributed by atoms with Crippen molar-refractivity contribution < 1.29 is 14.6 Å². The highest BCUT2D eigenvalue weighted by atomic mass is 16.5. The van der Waals surface area contributed by atoms with E-state index in [1.54, 1.807) is 7.11 Å². The summed E-state index contributed by atoms with van der Waals surface area (Å²) in [7, 11) is 1.64. The van der Waals surface area contributed by atoms with Crippen molar-refractivity contribution in [3.8, 4) is 11.5 Å². The Morgan fingerprint density at radius 2 is 1.95 bits per heavy atom. The average Bonchev–Trinajstić information content (AvgIpc) is 2.55. The Hall–Kier alpha value is -2.00. The summed E-state index contributed by atoms with van der Waals surface area (Å²) in [6.45, 7) is 0.719. The maximum atomic E-state index is 10.5. The number of hydrogen-bond acceptors (Lipinski definition) is 3. The number of fused-ring (bicyclic) bond motifs is 1. The predicted octanol–water partition coefficient (Wildman–Crippen LogP) is 3.69. The minimum absolute atomic E-state index is 0.340. The van der Waals surface area contributed by atoms with Gasteiger partial charge in [0.15, 0.2) is 0 Å².